The lowest BCUT2D eigenvalue weighted by Gasteiger charge is -2.32. The first-order chi connectivity index (χ1) is 14.0. The van der Waals surface area contributed by atoms with Crippen molar-refractivity contribution in [1.29, 1.82) is 0 Å². The molecule has 1 unspecified atom stereocenters. The van der Waals surface area contributed by atoms with Gasteiger partial charge in [-0.25, -0.2) is 0 Å². The SMILES string of the molecule is CCCCCCCCCCCCCCCCCCN1C2=CCC1(S(=O)(=O)O)C=C2. The summed E-state index contributed by atoms with van der Waals surface area (Å²) >= 11 is 0. The van der Waals surface area contributed by atoms with Gasteiger partial charge in [0.2, 0.25) is 0 Å². The van der Waals surface area contributed by atoms with E-state index in [9.17, 15) is 13.0 Å². The molecule has 0 spiro atoms. The smallest absolute Gasteiger partial charge is 0.293 e. The summed E-state index contributed by atoms with van der Waals surface area (Å²) in [6.07, 6.45) is 27.1. The Kier molecular flexibility index (Phi) is 10.8. The molecule has 2 heterocycles. The van der Waals surface area contributed by atoms with Crippen molar-refractivity contribution < 1.29 is 13.0 Å². The van der Waals surface area contributed by atoms with Crippen LogP contribution in [0.25, 0.3) is 0 Å². The van der Waals surface area contributed by atoms with Crippen LogP contribution >= 0.6 is 0 Å². The molecule has 0 amide bonds. The minimum Gasteiger partial charge on any atom is -0.347 e. The molecular formula is C24H43NO3S. The molecule has 0 saturated heterocycles. The molecule has 2 rings (SSSR count). The Morgan fingerprint density at radius 3 is 1.66 bits per heavy atom. The molecule has 0 fully saturated rings. The highest BCUT2D eigenvalue weighted by Gasteiger charge is 2.52. The third-order valence-electron chi connectivity index (χ3n) is 6.57. The number of unbranched alkanes of at least 4 members (excludes halogenated alkanes) is 15. The van der Waals surface area contributed by atoms with Gasteiger partial charge in [0.1, 0.15) is 0 Å². The Morgan fingerprint density at radius 1 is 0.828 bits per heavy atom. The molecule has 29 heavy (non-hydrogen) atoms. The number of fused-ring (bicyclic) bond motifs is 2. The van der Waals surface area contributed by atoms with Crippen LogP contribution in [0.2, 0.25) is 0 Å². The third-order valence-corrected chi connectivity index (χ3v) is 7.99. The molecular weight excluding hydrogens is 382 g/mol. The maximum absolute atomic E-state index is 11.8. The monoisotopic (exact) mass is 425 g/mol. The summed E-state index contributed by atoms with van der Waals surface area (Å²) in [5, 5.41) is 0. The van der Waals surface area contributed by atoms with Crippen LogP contribution < -0.4 is 0 Å². The second-order valence-electron chi connectivity index (χ2n) is 8.94. The van der Waals surface area contributed by atoms with Crippen LogP contribution in [0.3, 0.4) is 0 Å². The number of allylic oxidation sites excluding steroid dienone is 1. The number of rotatable bonds is 18. The van der Waals surface area contributed by atoms with Crippen molar-refractivity contribution >= 4 is 10.1 Å². The molecule has 2 bridgehead atoms. The first kappa shape index (κ1) is 24.5. The molecule has 0 radical (unpaired) electrons. The molecule has 1 atom stereocenters. The molecule has 0 aromatic heterocycles. The maximum atomic E-state index is 11.8. The van der Waals surface area contributed by atoms with Crippen LogP contribution in [0.15, 0.2) is 23.9 Å². The quantitative estimate of drug-likeness (QED) is 0.190. The fourth-order valence-corrected chi connectivity index (χ4v) is 5.70. The van der Waals surface area contributed by atoms with Crippen molar-refractivity contribution in [3.8, 4) is 0 Å². The minimum absolute atomic E-state index is 0.372. The second kappa shape index (κ2) is 12.8. The Hall–Kier alpha value is -0.810. The Labute approximate surface area is 179 Å². The zero-order valence-electron chi connectivity index (χ0n) is 18.6. The lowest BCUT2D eigenvalue weighted by atomic mass is 10.0. The molecule has 4 nitrogen and oxygen atoms in total. The van der Waals surface area contributed by atoms with Crippen molar-refractivity contribution in [2.24, 2.45) is 0 Å². The van der Waals surface area contributed by atoms with E-state index in [4.69, 9.17) is 0 Å². The molecule has 5 heteroatoms. The van der Waals surface area contributed by atoms with Crippen molar-refractivity contribution in [2.45, 2.75) is 121 Å². The Bertz CT molecular complexity index is 626. The molecule has 2 aliphatic heterocycles. The van der Waals surface area contributed by atoms with Crippen LogP contribution in [0.5, 0.6) is 0 Å². The molecule has 168 valence electrons. The Morgan fingerprint density at radius 2 is 1.28 bits per heavy atom. The van der Waals surface area contributed by atoms with Crippen molar-refractivity contribution in [2.75, 3.05) is 6.54 Å². The standard InChI is InChI=1S/C24H43NO3S/c1-2-3-4-5-6-7-8-9-10-11-12-13-14-15-16-17-22-25-23-18-20-24(25,21-19-23)29(26,27)28/h18-20H,2-17,21-22H2,1H3,(H,26,27,28). The summed E-state index contributed by atoms with van der Waals surface area (Å²) in [6, 6.07) is 0. The molecule has 0 saturated carbocycles. The molecule has 1 N–H and O–H groups in total. The first-order valence-corrected chi connectivity index (χ1v) is 13.6. The van der Waals surface area contributed by atoms with Gasteiger partial charge in [-0.05, 0) is 18.6 Å². The number of hydrogen-bond donors (Lipinski definition) is 1. The summed E-state index contributed by atoms with van der Waals surface area (Å²) in [5.41, 5.74) is 0.948. The topological polar surface area (TPSA) is 57.6 Å². The molecule has 2 aliphatic rings. The first-order valence-electron chi connectivity index (χ1n) is 12.2. The zero-order chi connectivity index (χ0) is 21.0. The molecule has 0 aromatic carbocycles. The van der Waals surface area contributed by atoms with E-state index < -0.39 is 15.0 Å². The fraction of sp³-hybridized carbons (Fsp3) is 0.833. The minimum atomic E-state index is -4.11. The number of hydrogen-bond acceptors (Lipinski definition) is 3. The van der Waals surface area contributed by atoms with E-state index in [1.165, 1.54) is 89.9 Å². The largest absolute Gasteiger partial charge is 0.347 e. The van der Waals surface area contributed by atoms with E-state index in [2.05, 4.69) is 6.92 Å². The van der Waals surface area contributed by atoms with E-state index in [0.29, 0.717) is 13.0 Å². The highest BCUT2D eigenvalue weighted by atomic mass is 32.2. The van der Waals surface area contributed by atoms with Gasteiger partial charge >= 0.3 is 0 Å². The van der Waals surface area contributed by atoms with Gasteiger partial charge in [-0.2, -0.15) is 8.42 Å². The average molecular weight is 426 g/mol. The Balaban J connectivity index is 1.39. The van der Waals surface area contributed by atoms with E-state index >= 15 is 0 Å². The van der Waals surface area contributed by atoms with Crippen LogP contribution in [0, 0.1) is 0 Å². The van der Waals surface area contributed by atoms with Gasteiger partial charge in [0.25, 0.3) is 10.1 Å². The van der Waals surface area contributed by atoms with E-state index in [1.807, 2.05) is 17.1 Å². The van der Waals surface area contributed by atoms with Crippen LogP contribution in [0.1, 0.15) is 116 Å². The molecule has 0 aromatic rings. The van der Waals surface area contributed by atoms with Gasteiger partial charge < -0.3 is 4.90 Å². The van der Waals surface area contributed by atoms with Gasteiger partial charge in [-0.1, -0.05) is 109 Å². The summed E-state index contributed by atoms with van der Waals surface area (Å²) < 4.78 is 33.3. The van der Waals surface area contributed by atoms with Crippen LogP contribution in [-0.4, -0.2) is 29.3 Å². The van der Waals surface area contributed by atoms with Crippen LogP contribution in [0.4, 0.5) is 0 Å². The zero-order valence-corrected chi connectivity index (χ0v) is 19.4. The lowest BCUT2D eigenvalue weighted by molar-refractivity contribution is 0.271. The van der Waals surface area contributed by atoms with Crippen LogP contribution in [-0.2, 0) is 10.1 Å². The van der Waals surface area contributed by atoms with E-state index in [1.54, 1.807) is 6.08 Å². The lowest BCUT2D eigenvalue weighted by Crippen LogP contribution is -2.46. The predicted molar refractivity (Wildman–Crippen MR) is 122 cm³/mol. The summed E-state index contributed by atoms with van der Waals surface area (Å²) in [4.78, 5) is 0.657. The van der Waals surface area contributed by atoms with Gasteiger partial charge in [-0.15, -0.1) is 0 Å². The van der Waals surface area contributed by atoms with Crippen molar-refractivity contribution in [1.82, 2.24) is 4.90 Å². The van der Waals surface area contributed by atoms with E-state index in [0.717, 1.165) is 18.5 Å². The predicted octanol–water partition coefficient (Wildman–Crippen LogP) is 6.99. The highest BCUT2D eigenvalue weighted by molar-refractivity contribution is 7.87. The number of nitrogens with zero attached hydrogens (tertiary/aromatic N) is 1. The van der Waals surface area contributed by atoms with E-state index in [-0.39, 0.29) is 0 Å². The summed E-state index contributed by atoms with van der Waals surface area (Å²) in [5.74, 6) is 0. The fourth-order valence-electron chi connectivity index (χ4n) is 4.69. The van der Waals surface area contributed by atoms with Gasteiger partial charge in [-0.3, -0.25) is 4.55 Å². The van der Waals surface area contributed by atoms with Crippen molar-refractivity contribution in [3.05, 3.63) is 23.9 Å². The third kappa shape index (κ3) is 7.43. The second-order valence-corrected chi connectivity index (χ2v) is 10.6. The average Bonchev–Trinajstić information content (AvgIpc) is 3.23. The highest BCUT2D eigenvalue weighted by Crippen LogP contribution is 2.43. The summed E-state index contributed by atoms with van der Waals surface area (Å²) in [6.45, 7) is 2.98. The summed E-state index contributed by atoms with van der Waals surface area (Å²) in [7, 11) is -4.11. The van der Waals surface area contributed by atoms with Gasteiger partial charge in [0.15, 0.2) is 4.87 Å². The van der Waals surface area contributed by atoms with Gasteiger partial charge in [0.05, 0.1) is 0 Å². The normalized spacial score (nSPS) is 20.6. The maximum Gasteiger partial charge on any atom is 0.293 e. The van der Waals surface area contributed by atoms with Gasteiger partial charge in [0, 0.05) is 18.7 Å². The molecule has 0 aliphatic carbocycles. The van der Waals surface area contributed by atoms with Crippen molar-refractivity contribution in [3.63, 3.8) is 0 Å².